The minimum atomic E-state index is -0.877. The molecule has 0 saturated heterocycles. The van der Waals surface area contributed by atoms with Crippen molar-refractivity contribution in [2.45, 2.75) is 77.7 Å². The van der Waals surface area contributed by atoms with Gasteiger partial charge in [-0.1, -0.05) is 76.8 Å². The molecule has 0 atom stereocenters. The Morgan fingerprint density at radius 2 is 1.29 bits per heavy atom. The number of nitro benzene ring substituents is 2. The van der Waals surface area contributed by atoms with E-state index in [1.165, 1.54) is 51.4 Å². The van der Waals surface area contributed by atoms with Crippen LogP contribution in [0.25, 0.3) is 0 Å². The van der Waals surface area contributed by atoms with Crippen LogP contribution in [0.1, 0.15) is 87.1 Å². The van der Waals surface area contributed by atoms with Gasteiger partial charge in [-0.05, 0) is 24.1 Å². The zero-order valence-electron chi connectivity index (χ0n) is 20.3. The number of hydrogen-bond donors (Lipinski definition) is 0. The molecule has 0 saturated carbocycles. The molecular weight excluding hydrogens is 452 g/mol. The van der Waals surface area contributed by atoms with E-state index >= 15 is 0 Å². The van der Waals surface area contributed by atoms with Gasteiger partial charge in [0, 0.05) is 12.1 Å². The molecule has 0 fully saturated rings. The van der Waals surface area contributed by atoms with Crippen molar-refractivity contribution in [3.8, 4) is 5.75 Å². The Hall–Kier alpha value is -3.49. The van der Waals surface area contributed by atoms with E-state index in [2.05, 4.69) is 6.92 Å². The number of unbranched alkanes of at least 4 members (excludes halogenated alkanes) is 9. The fourth-order valence-electron chi connectivity index (χ4n) is 3.62. The van der Waals surface area contributed by atoms with Crippen molar-refractivity contribution < 1.29 is 24.1 Å². The van der Waals surface area contributed by atoms with Crippen molar-refractivity contribution in [3.63, 3.8) is 0 Å². The first kappa shape index (κ1) is 27.8. The third-order valence-corrected chi connectivity index (χ3v) is 5.62. The van der Waals surface area contributed by atoms with E-state index < -0.39 is 27.2 Å². The first-order valence-corrected chi connectivity index (χ1v) is 12.2. The molecule has 0 aromatic heterocycles. The van der Waals surface area contributed by atoms with Gasteiger partial charge in [-0.25, -0.2) is 4.79 Å². The number of ether oxygens (including phenoxy) is 2. The first-order chi connectivity index (χ1) is 16.9. The largest absolute Gasteiger partial charge is 0.494 e. The van der Waals surface area contributed by atoms with Crippen LogP contribution in [-0.2, 0) is 11.3 Å². The van der Waals surface area contributed by atoms with Crippen LogP contribution >= 0.6 is 0 Å². The van der Waals surface area contributed by atoms with Crippen molar-refractivity contribution in [1.82, 2.24) is 0 Å². The second-order valence-corrected chi connectivity index (χ2v) is 8.50. The van der Waals surface area contributed by atoms with Crippen LogP contribution in [0.4, 0.5) is 11.4 Å². The second-order valence-electron chi connectivity index (χ2n) is 8.50. The monoisotopic (exact) mass is 486 g/mol. The van der Waals surface area contributed by atoms with Crippen LogP contribution < -0.4 is 4.74 Å². The molecule has 0 spiro atoms. The van der Waals surface area contributed by atoms with Crippen molar-refractivity contribution in [1.29, 1.82) is 0 Å². The molecule has 2 rings (SSSR count). The van der Waals surface area contributed by atoms with Gasteiger partial charge < -0.3 is 9.47 Å². The highest BCUT2D eigenvalue weighted by molar-refractivity contribution is 5.91. The molecule has 0 unspecified atom stereocenters. The minimum Gasteiger partial charge on any atom is -0.494 e. The molecule has 0 N–H and O–H groups in total. The zero-order valence-corrected chi connectivity index (χ0v) is 20.3. The van der Waals surface area contributed by atoms with Crippen molar-refractivity contribution in [2.24, 2.45) is 0 Å². The molecule has 9 nitrogen and oxygen atoms in total. The maximum Gasteiger partial charge on any atom is 0.338 e. The number of non-ortho nitro benzene ring substituents is 2. The maximum absolute atomic E-state index is 12.3. The predicted octanol–water partition coefficient (Wildman–Crippen LogP) is 7.16. The number of benzene rings is 2. The van der Waals surface area contributed by atoms with Gasteiger partial charge in [-0.2, -0.15) is 0 Å². The molecule has 0 aliphatic carbocycles. The summed E-state index contributed by atoms with van der Waals surface area (Å²) < 4.78 is 10.9. The van der Waals surface area contributed by atoms with Crippen molar-refractivity contribution >= 4 is 17.3 Å². The molecule has 2 aromatic carbocycles. The Labute approximate surface area is 205 Å². The number of carbonyl (C=O) groups excluding carboxylic acids is 1. The summed E-state index contributed by atoms with van der Waals surface area (Å²) in [6.07, 6.45) is 12.7. The zero-order chi connectivity index (χ0) is 25.5. The smallest absolute Gasteiger partial charge is 0.338 e. The lowest BCUT2D eigenvalue weighted by atomic mass is 10.1. The summed E-state index contributed by atoms with van der Waals surface area (Å²) in [4.78, 5) is 32.6. The first-order valence-electron chi connectivity index (χ1n) is 12.2. The molecule has 0 aliphatic heterocycles. The van der Waals surface area contributed by atoms with Gasteiger partial charge in [0.1, 0.15) is 12.4 Å². The fourth-order valence-corrected chi connectivity index (χ4v) is 3.62. The highest BCUT2D eigenvalue weighted by Gasteiger charge is 2.20. The van der Waals surface area contributed by atoms with Crippen molar-refractivity contribution in [2.75, 3.05) is 6.61 Å². The molecule has 0 amide bonds. The maximum atomic E-state index is 12.3. The van der Waals surface area contributed by atoms with Crippen LogP contribution in [0.2, 0.25) is 0 Å². The van der Waals surface area contributed by atoms with E-state index in [-0.39, 0.29) is 12.2 Å². The quantitative estimate of drug-likeness (QED) is 0.101. The molecule has 190 valence electrons. The van der Waals surface area contributed by atoms with E-state index in [9.17, 15) is 25.0 Å². The molecule has 9 heteroatoms. The van der Waals surface area contributed by atoms with Crippen LogP contribution in [0.15, 0.2) is 42.5 Å². The van der Waals surface area contributed by atoms with Gasteiger partial charge in [0.15, 0.2) is 0 Å². The van der Waals surface area contributed by atoms with Gasteiger partial charge in [0.2, 0.25) is 0 Å². The normalized spacial score (nSPS) is 10.7. The highest BCUT2D eigenvalue weighted by atomic mass is 16.6. The number of esters is 1. The Morgan fingerprint density at radius 1 is 0.771 bits per heavy atom. The van der Waals surface area contributed by atoms with E-state index in [4.69, 9.17) is 9.47 Å². The predicted molar refractivity (Wildman–Crippen MR) is 133 cm³/mol. The second kappa shape index (κ2) is 15.4. The molecule has 0 radical (unpaired) electrons. The lowest BCUT2D eigenvalue weighted by Crippen LogP contribution is -2.07. The standard InChI is InChI=1S/C26H34N2O7/c1-2-3-4-5-6-7-8-9-10-11-16-34-25-14-12-21(13-15-25)20-35-26(29)22-17-23(27(30)31)19-24(18-22)28(32)33/h12-15,17-19H,2-11,16,20H2,1H3. The molecule has 0 bridgehead atoms. The third-order valence-electron chi connectivity index (χ3n) is 5.62. The SMILES string of the molecule is CCCCCCCCCCCCOc1ccc(COC(=O)c2cc([N+](=O)[O-])cc([N+](=O)[O-])c2)cc1. The van der Waals surface area contributed by atoms with E-state index in [0.717, 1.165) is 36.8 Å². The molecule has 0 aliphatic rings. The summed E-state index contributed by atoms with van der Waals surface area (Å²) in [6, 6.07) is 9.81. The Kier molecular flexibility index (Phi) is 12.2. The van der Waals surface area contributed by atoms with Crippen molar-refractivity contribution in [3.05, 3.63) is 73.8 Å². The van der Waals surface area contributed by atoms with Crippen LogP contribution in [-0.4, -0.2) is 22.4 Å². The Morgan fingerprint density at radius 3 is 1.80 bits per heavy atom. The third kappa shape index (κ3) is 10.5. The fraction of sp³-hybridized carbons (Fsp3) is 0.500. The number of nitrogens with zero attached hydrogens (tertiary/aromatic N) is 2. The number of nitro groups is 2. The van der Waals surface area contributed by atoms with Gasteiger partial charge in [0.25, 0.3) is 11.4 Å². The minimum absolute atomic E-state index is 0.0753. The summed E-state index contributed by atoms with van der Waals surface area (Å²) in [6.45, 7) is 2.81. The van der Waals surface area contributed by atoms with E-state index in [1.54, 1.807) is 24.3 Å². The summed E-state index contributed by atoms with van der Waals surface area (Å²) in [5.74, 6) is -0.150. The lowest BCUT2D eigenvalue weighted by molar-refractivity contribution is -0.394. The number of hydrogen-bond acceptors (Lipinski definition) is 7. The Balaban J connectivity index is 1.69. The lowest BCUT2D eigenvalue weighted by Gasteiger charge is -2.08. The van der Waals surface area contributed by atoms with Crippen LogP contribution in [0.3, 0.4) is 0 Å². The average molecular weight is 487 g/mol. The summed E-state index contributed by atoms with van der Waals surface area (Å²) >= 11 is 0. The summed E-state index contributed by atoms with van der Waals surface area (Å²) in [5.41, 5.74) is -0.642. The highest BCUT2D eigenvalue weighted by Crippen LogP contribution is 2.23. The Bertz CT molecular complexity index is 928. The summed E-state index contributed by atoms with van der Waals surface area (Å²) in [7, 11) is 0. The molecule has 0 heterocycles. The van der Waals surface area contributed by atoms with Gasteiger partial charge in [0.05, 0.1) is 28.1 Å². The molecule has 2 aromatic rings. The van der Waals surface area contributed by atoms with Crippen LogP contribution in [0, 0.1) is 20.2 Å². The van der Waals surface area contributed by atoms with Gasteiger partial charge >= 0.3 is 5.97 Å². The molecular formula is C26H34N2O7. The van der Waals surface area contributed by atoms with Gasteiger partial charge in [-0.15, -0.1) is 0 Å². The number of rotatable bonds is 17. The average Bonchev–Trinajstić information content (AvgIpc) is 2.86. The molecule has 35 heavy (non-hydrogen) atoms. The topological polar surface area (TPSA) is 122 Å². The summed E-state index contributed by atoms with van der Waals surface area (Å²) in [5, 5.41) is 21.9. The van der Waals surface area contributed by atoms with E-state index in [0.29, 0.717) is 12.2 Å². The number of carbonyl (C=O) groups is 1. The van der Waals surface area contributed by atoms with Gasteiger partial charge in [-0.3, -0.25) is 20.2 Å². The van der Waals surface area contributed by atoms with Crippen LogP contribution in [0.5, 0.6) is 5.75 Å². The van der Waals surface area contributed by atoms with E-state index in [1.807, 2.05) is 0 Å².